The molecule has 0 saturated heterocycles. The molecular formula is C12H12F3NO2. The number of aromatic carboxylic acids is 1. The minimum absolute atomic E-state index is 0.167. The van der Waals surface area contributed by atoms with Crippen LogP contribution in [0.15, 0.2) is 18.2 Å². The maximum Gasteiger partial charge on any atom is 0.416 e. The van der Waals surface area contributed by atoms with Crippen LogP contribution in [0.1, 0.15) is 35.2 Å². The zero-order valence-corrected chi connectivity index (χ0v) is 9.42. The van der Waals surface area contributed by atoms with Crippen molar-refractivity contribution >= 4 is 11.7 Å². The zero-order chi connectivity index (χ0) is 13.3. The number of benzene rings is 1. The van der Waals surface area contributed by atoms with Gasteiger partial charge in [0.2, 0.25) is 0 Å². The maximum atomic E-state index is 12.5. The fourth-order valence-corrected chi connectivity index (χ4v) is 1.80. The fourth-order valence-electron chi connectivity index (χ4n) is 1.80. The van der Waals surface area contributed by atoms with Gasteiger partial charge in [0.05, 0.1) is 11.1 Å². The number of anilines is 1. The molecule has 1 fully saturated rings. The molecule has 2 N–H and O–H groups in total. The van der Waals surface area contributed by atoms with E-state index in [-0.39, 0.29) is 17.3 Å². The van der Waals surface area contributed by atoms with Crippen LogP contribution in [-0.2, 0) is 6.18 Å². The Bertz CT molecular complexity index is 467. The first-order chi connectivity index (χ1) is 8.38. The molecule has 2 rings (SSSR count). The lowest BCUT2D eigenvalue weighted by atomic mass is 9.92. The number of carboxylic acid groups (broad SMARTS) is 1. The van der Waals surface area contributed by atoms with Gasteiger partial charge in [-0.25, -0.2) is 4.79 Å². The number of halogens is 3. The van der Waals surface area contributed by atoms with Crippen molar-refractivity contribution in [2.24, 2.45) is 0 Å². The van der Waals surface area contributed by atoms with Gasteiger partial charge in [-0.1, -0.05) is 0 Å². The molecule has 1 saturated carbocycles. The van der Waals surface area contributed by atoms with E-state index in [2.05, 4.69) is 5.32 Å². The summed E-state index contributed by atoms with van der Waals surface area (Å²) >= 11 is 0. The number of carboxylic acids is 1. The zero-order valence-electron chi connectivity index (χ0n) is 9.42. The van der Waals surface area contributed by atoms with Crippen LogP contribution in [0.25, 0.3) is 0 Å². The van der Waals surface area contributed by atoms with Crippen LogP contribution in [0.2, 0.25) is 0 Å². The van der Waals surface area contributed by atoms with Crippen molar-refractivity contribution in [2.45, 2.75) is 31.5 Å². The number of carbonyl (C=O) groups is 1. The van der Waals surface area contributed by atoms with Crippen molar-refractivity contribution in [2.75, 3.05) is 5.32 Å². The predicted octanol–water partition coefficient (Wildman–Crippen LogP) is 3.37. The molecule has 0 amide bonds. The average Bonchev–Trinajstić information content (AvgIpc) is 2.21. The Morgan fingerprint density at radius 2 is 2.00 bits per heavy atom. The second kappa shape index (κ2) is 4.51. The molecule has 0 spiro atoms. The van der Waals surface area contributed by atoms with Gasteiger partial charge in [0.15, 0.2) is 0 Å². The average molecular weight is 259 g/mol. The Morgan fingerprint density at radius 3 is 2.44 bits per heavy atom. The van der Waals surface area contributed by atoms with Crippen LogP contribution in [0.3, 0.4) is 0 Å². The van der Waals surface area contributed by atoms with Crippen LogP contribution in [0.4, 0.5) is 18.9 Å². The van der Waals surface area contributed by atoms with Gasteiger partial charge in [-0.15, -0.1) is 0 Å². The van der Waals surface area contributed by atoms with Gasteiger partial charge in [-0.3, -0.25) is 0 Å². The molecule has 3 nitrogen and oxygen atoms in total. The molecule has 1 aromatic rings. The molecule has 1 aromatic carbocycles. The lowest BCUT2D eigenvalue weighted by molar-refractivity contribution is -0.137. The number of hydrogen-bond donors (Lipinski definition) is 2. The van der Waals surface area contributed by atoms with E-state index >= 15 is 0 Å². The largest absolute Gasteiger partial charge is 0.478 e. The summed E-state index contributed by atoms with van der Waals surface area (Å²) in [5.41, 5.74) is -1.03. The molecule has 18 heavy (non-hydrogen) atoms. The van der Waals surface area contributed by atoms with Crippen LogP contribution < -0.4 is 5.32 Å². The minimum Gasteiger partial charge on any atom is -0.478 e. The van der Waals surface area contributed by atoms with Crippen molar-refractivity contribution in [3.05, 3.63) is 29.3 Å². The molecule has 1 aliphatic carbocycles. The van der Waals surface area contributed by atoms with Gasteiger partial charge in [0, 0.05) is 11.7 Å². The summed E-state index contributed by atoms with van der Waals surface area (Å²) in [6.45, 7) is 0. The van der Waals surface area contributed by atoms with Gasteiger partial charge in [-0.05, 0) is 37.5 Å². The summed E-state index contributed by atoms with van der Waals surface area (Å²) in [6, 6.07) is 2.92. The smallest absolute Gasteiger partial charge is 0.416 e. The lowest BCUT2D eigenvalue weighted by Crippen LogP contribution is -2.28. The number of hydrogen-bond acceptors (Lipinski definition) is 2. The third kappa shape index (κ3) is 2.57. The molecule has 0 aliphatic heterocycles. The van der Waals surface area contributed by atoms with Crippen LogP contribution >= 0.6 is 0 Å². The van der Waals surface area contributed by atoms with E-state index in [0.29, 0.717) is 6.07 Å². The molecule has 0 radical (unpaired) electrons. The Hall–Kier alpha value is -1.72. The first kappa shape index (κ1) is 12.7. The second-order valence-corrected chi connectivity index (χ2v) is 4.34. The predicted molar refractivity (Wildman–Crippen MR) is 59.7 cm³/mol. The van der Waals surface area contributed by atoms with E-state index in [4.69, 9.17) is 5.11 Å². The van der Waals surface area contributed by atoms with Crippen LogP contribution in [0, 0.1) is 0 Å². The first-order valence-corrected chi connectivity index (χ1v) is 5.59. The normalized spacial score (nSPS) is 16.2. The highest BCUT2D eigenvalue weighted by Gasteiger charge is 2.32. The molecule has 6 heteroatoms. The van der Waals surface area contributed by atoms with Gasteiger partial charge in [0.25, 0.3) is 0 Å². The van der Waals surface area contributed by atoms with Crippen molar-refractivity contribution in [1.82, 2.24) is 0 Å². The lowest BCUT2D eigenvalue weighted by Gasteiger charge is -2.28. The monoisotopic (exact) mass is 259 g/mol. The highest BCUT2D eigenvalue weighted by atomic mass is 19.4. The number of rotatable bonds is 3. The summed E-state index contributed by atoms with van der Waals surface area (Å²) in [5, 5.41) is 11.9. The van der Waals surface area contributed by atoms with E-state index < -0.39 is 17.7 Å². The summed E-state index contributed by atoms with van der Waals surface area (Å²) in [6.07, 6.45) is -1.64. The van der Waals surface area contributed by atoms with E-state index in [9.17, 15) is 18.0 Å². The SMILES string of the molecule is O=C(O)c1cc(C(F)(F)F)ccc1NC1CCC1. The van der Waals surface area contributed by atoms with Crippen LogP contribution in [0.5, 0.6) is 0 Å². The molecule has 0 atom stereocenters. The van der Waals surface area contributed by atoms with E-state index in [1.807, 2.05) is 0 Å². The first-order valence-electron chi connectivity index (χ1n) is 5.59. The fraction of sp³-hybridized carbons (Fsp3) is 0.417. The quantitative estimate of drug-likeness (QED) is 0.875. The highest BCUT2D eigenvalue weighted by molar-refractivity contribution is 5.94. The van der Waals surface area contributed by atoms with Gasteiger partial charge in [-0.2, -0.15) is 13.2 Å². The van der Waals surface area contributed by atoms with Crippen molar-refractivity contribution in [3.8, 4) is 0 Å². The topological polar surface area (TPSA) is 49.3 Å². The van der Waals surface area contributed by atoms with Crippen molar-refractivity contribution in [3.63, 3.8) is 0 Å². The van der Waals surface area contributed by atoms with E-state index in [1.165, 1.54) is 6.07 Å². The molecular weight excluding hydrogens is 247 g/mol. The molecule has 1 aliphatic rings. The summed E-state index contributed by atoms with van der Waals surface area (Å²) in [4.78, 5) is 11.0. The molecule has 0 unspecified atom stereocenters. The summed E-state index contributed by atoms with van der Waals surface area (Å²) in [5.74, 6) is -1.36. The highest BCUT2D eigenvalue weighted by Crippen LogP contribution is 2.33. The Balaban J connectivity index is 2.31. The van der Waals surface area contributed by atoms with E-state index in [1.54, 1.807) is 0 Å². The van der Waals surface area contributed by atoms with E-state index in [0.717, 1.165) is 25.3 Å². The Morgan fingerprint density at radius 1 is 1.33 bits per heavy atom. The van der Waals surface area contributed by atoms with Gasteiger partial charge in [0.1, 0.15) is 0 Å². The van der Waals surface area contributed by atoms with Crippen molar-refractivity contribution in [1.29, 1.82) is 0 Å². The number of alkyl halides is 3. The molecule has 0 bridgehead atoms. The Kier molecular flexibility index (Phi) is 3.19. The second-order valence-electron chi connectivity index (χ2n) is 4.34. The number of nitrogens with one attached hydrogen (secondary N) is 1. The standard InChI is InChI=1S/C12H12F3NO2/c13-12(14,15)7-4-5-10(9(6-7)11(17)18)16-8-2-1-3-8/h4-6,8,16H,1-3H2,(H,17,18). The van der Waals surface area contributed by atoms with Crippen LogP contribution in [-0.4, -0.2) is 17.1 Å². The van der Waals surface area contributed by atoms with Gasteiger partial charge >= 0.3 is 12.1 Å². The molecule has 0 aromatic heterocycles. The van der Waals surface area contributed by atoms with Crippen molar-refractivity contribution < 1.29 is 23.1 Å². The van der Waals surface area contributed by atoms with Gasteiger partial charge < -0.3 is 10.4 Å². The minimum atomic E-state index is -4.53. The Labute approximate surface area is 102 Å². The molecule has 98 valence electrons. The third-order valence-corrected chi connectivity index (χ3v) is 3.04. The summed E-state index contributed by atoms with van der Waals surface area (Å²) < 4.78 is 37.5. The maximum absolute atomic E-state index is 12.5. The molecule has 0 heterocycles. The summed E-state index contributed by atoms with van der Waals surface area (Å²) in [7, 11) is 0. The third-order valence-electron chi connectivity index (χ3n) is 3.04.